The molecule has 0 radical (unpaired) electrons. The van der Waals surface area contributed by atoms with Gasteiger partial charge in [0.15, 0.2) is 5.79 Å². The van der Waals surface area contributed by atoms with Crippen molar-refractivity contribution in [3.63, 3.8) is 0 Å². The third-order valence-electron chi connectivity index (χ3n) is 12.4. The van der Waals surface area contributed by atoms with Crippen molar-refractivity contribution < 1.29 is 53.8 Å². The first-order valence-electron chi connectivity index (χ1n) is 19.9. The zero-order valence-electron chi connectivity index (χ0n) is 33.2. The Balaban J connectivity index is 1.71. The molecule has 1 amide bonds. The van der Waals surface area contributed by atoms with Gasteiger partial charge >= 0.3 is 5.97 Å². The van der Waals surface area contributed by atoms with Gasteiger partial charge in [-0.05, 0) is 89.0 Å². The molecule has 4 N–H and O–H groups in total. The van der Waals surface area contributed by atoms with Crippen molar-refractivity contribution in [2.24, 2.45) is 29.6 Å². The van der Waals surface area contributed by atoms with Crippen LogP contribution in [0.4, 0.5) is 0 Å². The van der Waals surface area contributed by atoms with Crippen LogP contribution in [0.25, 0.3) is 0 Å². The maximum Gasteiger partial charge on any atom is 0.329 e. The Morgan fingerprint density at radius 1 is 0.906 bits per heavy atom. The van der Waals surface area contributed by atoms with E-state index in [4.69, 9.17) is 18.9 Å². The van der Waals surface area contributed by atoms with Gasteiger partial charge in [0.1, 0.15) is 24.0 Å². The van der Waals surface area contributed by atoms with Gasteiger partial charge in [-0.2, -0.15) is 0 Å². The maximum absolute atomic E-state index is 14.2. The number of carbonyl (C=O) groups is 3. The fourth-order valence-corrected chi connectivity index (χ4v) is 9.01. The molecule has 2 saturated heterocycles. The summed E-state index contributed by atoms with van der Waals surface area (Å²) in [6.07, 6.45) is 3.08. The number of allylic oxidation sites excluding steroid dienone is 3. The van der Waals surface area contributed by atoms with Gasteiger partial charge in [-0.25, -0.2) is 4.79 Å². The fraction of sp³-hybridized carbons (Fsp3) is 0.829. The molecular formula is C41H67NO11. The molecule has 2 bridgehead atoms. The second kappa shape index (κ2) is 19.1. The molecule has 53 heavy (non-hydrogen) atoms. The van der Waals surface area contributed by atoms with Crippen LogP contribution in [0.1, 0.15) is 112 Å². The molecule has 0 aromatic rings. The lowest BCUT2D eigenvalue weighted by molar-refractivity contribution is -0.321. The summed E-state index contributed by atoms with van der Waals surface area (Å²) in [5.41, 5.74) is 1.69. The van der Waals surface area contributed by atoms with Crippen molar-refractivity contribution >= 4 is 17.7 Å². The predicted octanol–water partition coefficient (Wildman–Crippen LogP) is 4.25. The number of piperidine rings is 1. The van der Waals surface area contributed by atoms with Crippen LogP contribution < -0.4 is 0 Å². The SMILES string of the molecule is CO[C@H]1C[C@@H](C)C/C(C)=C/[C@@H](C)C(=O)C[C@H](O)[C@@H](C)[C@@H](/C(C)=C/[C@@H]2CCC(O)[C@H](O)C2)OC(=O)C2CCCCN2C(=O)C[C@]2(O)O[C@H]1[C@@H](OC)C[C@H]2C. The number of rotatable bonds is 4. The van der Waals surface area contributed by atoms with E-state index >= 15 is 0 Å². The molecule has 4 aliphatic rings. The van der Waals surface area contributed by atoms with Crippen LogP contribution in [0.15, 0.2) is 23.3 Å². The van der Waals surface area contributed by atoms with Crippen molar-refractivity contribution in [1.29, 1.82) is 0 Å². The van der Waals surface area contributed by atoms with Gasteiger partial charge in [0.05, 0.1) is 36.9 Å². The average Bonchev–Trinajstić information content (AvgIpc) is 3.11. The minimum absolute atomic E-state index is 0.0797. The lowest BCUT2D eigenvalue weighted by Crippen LogP contribution is -2.59. The van der Waals surface area contributed by atoms with Gasteiger partial charge in [-0.3, -0.25) is 9.59 Å². The third kappa shape index (κ3) is 11.0. The van der Waals surface area contributed by atoms with Crippen molar-refractivity contribution in [2.75, 3.05) is 20.8 Å². The Morgan fingerprint density at radius 2 is 1.58 bits per heavy atom. The third-order valence-corrected chi connectivity index (χ3v) is 12.4. The van der Waals surface area contributed by atoms with Crippen LogP contribution in [-0.4, -0.2) is 118 Å². The van der Waals surface area contributed by atoms with Crippen molar-refractivity contribution in [3.8, 4) is 0 Å². The lowest BCUT2D eigenvalue weighted by atomic mass is 9.82. The van der Waals surface area contributed by atoms with E-state index in [9.17, 15) is 34.8 Å². The summed E-state index contributed by atoms with van der Waals surface area (Å²) in [4.78, 5) is 43.3. The number of hydrogen-bond acceptors (Lipinski definition) is 11. The van der Waals surface area contributed by atoms with E-state index in [1.807, 2.05) is 39.8 Å². The normalized spacial score (nSPS) is 43.2. The molecule has 3 heterocycles. The number of carbonyl (C=O) groups excluding carboxylic acids is 3. The summed E-state index contributed by atoms with van der Waals surface area (Å²) in [5, 5.41) is 44.0. The highest BCUT2D eigenvalue weighted by atomic mass is 16.7. The van der Waals surface area contributed by atoms with E-state index in [2.05, 4.69) is 6.92 Å². The highest BCUT2D eigenvalue weighted by Gasteiger charge is 2.51. The molecule has 3 fully saturated rings. The summed E-state index contributed by atoms with van der Waals surface area (Å²) in [7, 11) is 3.20. The standard InChI is InChI=1S/C41H67NO11/c1-23-15-24(2)17-35(50-7)39-36(51-8)19-27(5)41(49,53-39)22-37(47)42-14-10-9-11-30(42)40(48)52-38(28(6)33(45)21-32(44)25(3)16-23)26(4)18-29-12-13-31(43)34(46)20-29/h16,18,24-25,27-31,33-36,38-39,43,45-46,49H,9-15,17,19-22H2,1-8H3/b23-16+,26-18+/t24-,25+,27+,28+,29-,30?,31?,33-,34+,35-,36-,38+,39+,41-/m0/s1. The number of hydrogen-bond donors (Lipinski definition) is 4. The maximum atomic E-state index is 14.2. The lowest BCUT2D eigenvalue weighted by Gasteiger charge is -2.48. The predicted molar refractivity (Wildman–Crippen MR) is 198 cm³/mol. The van der Waals surface area contributed by atoms with Gasteiger partial charge in [-0.15, -0.1) is 0 Å². The molecule has 302 valence electrons. The largest absolute Gasteiger partial charge is 0.456 e. The van der Waals surface area contributed by atoms with Gasteiger partial charge in [0.25, 0.3) is 0 Å². The Bertz CT molecular complexity index is 1320. The average molecular weight is 750 g/mol. The molecule has 2 unspecified atom stereocenters. The zero-order chi connectivity index (χ0) is 39.2. The molecule has 0 aromatic heterocycles. The minimum Gasteiger partial charge on any atom is -0.456 e. The van der Waals surface area contributed by atoms with E-state index in [0.29, 0.717) is 69.9 Å². The molecule has 12 nitrogen and oxygen atoms in total. The number of fused-ring (bicyclic) bond motifs is 3. The number of Topliss-reactive ketones (excluding diaryl/α,β-unsaturated/α-hetero) is 1. The summed E-state index contributed by atoms with van der Waals surface area (Å²) >= 11 is 0. The second-order valence-corrected chi connectivity index (χ2v) is 16.8. The van der Waals surface area contributed by atoms with Crippen LogP contribution in [-0.2, 0) is 33.3 Å². The molecule has 1 aliphatic carbocycles. The monoisotopic (exact) mass is 749 g/mol. The van der Waals surface area contributed by atoms with Crippen LogP contribution >= 0.6 is 0 Å². The number of esters is 1. The summed E-state index contributed by atoms with van der Waals surface area (Å²) in [6.45, 7) is 11.6. The Labute approximate surface area is 316 Å². The second-order valence-electron chi connectivity index (χ2n) is 16.8. The van der Waals surface area contributed by atoms with E-state index in [1.54, 1.807) is 21.1 Å². The first-order valence-corrected chi connectivity index (χ1v) is 19.9. The highest BCUT2D eigenvalue weighted by molar-refractivity contribution is 5.85. The molecule has 1 saturated carbocycles. The molecular weight excluding hydrogens is 682 g/mol. The Hall–Kier alpha value is -2.19. The number of ether oxygens (including phenoxy) is 4. The number of ketones is 1. The first-order chi connectivity index (χ1) is 25.0. The number of nitrogens with zero attached hydrogens (tertiary/aromatic N) is 1. The van der Waals surface area contributed by atoms with Crippen LogP contribution in [0, 0.1) is 29.6 Å². The zero-order valence-corrected chi connectivity index (χ0v) is 33.2. The van der Waals surface area contributed by atoms with Crippen LogP contribution in [0.2, 0.25) is 0 Å². The number of methoxy groups -OCH3 is 2. The van der Waals surface area contributed by atoms with Gasteiger partial charge < -0.3 is 44.3 Å². The molecule has 0 aromatic carbocycles. The van der Waals surface area contributed by atoms with E-state index < -0.39 is 78.1 Å². The van der Waals surface area contributed by atoms with Gasteiger partial charge in [0, 0.05) is 44.9 Å². The van der Waals surface area contributed by atoms with E-state index in [0.717, 1.165) is 5.57 Å². The fourth-order valence-electron chi connectivity index (χ4n) is 9.01. The molecule has 0 spiro atoms. The van der Waals surface area contributed by atoms with Crippen LogP contribution in [0.5, 0.6) is 0 Å². The smallest absolute Gasteiger partial charge is 0.329 e. The quantitative estimate of drug-likeness (QED) is 0.239. The Morgan fingerprint density at radius 3 is 2.25 bits per heavy atom. The highest BCUT2D eigenvalue weighted by Crippen LogP contribution is 2.40. The minimum atomic E-state index is -1.83. The first kappa shape index (κ1) is 43.5. The van der Waals surface area contributed by atoms with Gasteiger partial charge in [-0.1, -0.05) is 45.4 Å². The summed E-state index contributed by atoms with van der Waals surface area (Å²) < 4.78 is 24.5. The van der Waals surface area contributed by atoms with Crippen molar-refractivity contribution in [1.82, 2.24) is 4.90 Å². The number of aliphatic hydroxyl groups is 4. The van der Waals surface area contributed by atoms with Crippen molar-refractivity contribution in [3.05, 3.63) is 23.3 Å². The number of aliphatic hydroxyl groups excluding tert-OH is 3. The number of cyclic esters (lactones) is 1. The Kier molecular flexibility index (Phi) is 15.7. The van der Waals surface area contributed by atoms with Gasteiger partial charge in [0.2, 0.25) is 5.91 Å². The van der Waals surface area contributed by atoms with E-state index in [-0.39, 0.29) is 36.6 Å². The topological polar surface area (TPSA) is 172 Å². The molecule has 3 aliphatic heterocycles. The molecule has 14 atom stereocenters. The summed E-state index contributed by atoms with van der Waals surface area (Å²) in [6, 6.07) is -0.913. The molecule has 12 heteroatoms. The number of amides is 1. The van der Waals surface area contributed by atoms with Crippen molar-refractivity contribution in [2.45, 2.75) is 167 Å². The molecule has 4 rings (SSSR count). The summed E-state index contributed by atoms with van der Waals surface area (Å²) in [5.74, 6) is -4.55. The van der Waals surface area contributed by atoms with Crippen LogP contribution in [0.3, 0.4) is 0 Å². The van der Waals surface area contributed by atoms with E-state index in [1.165, 1.54) is 4.90 Å².